The fourth-order valence-corrected chi connectivity index (χ4v) is 2.07. The normalized spacial score (nSPS) is 11.3. The van der Waals surface area contributed by atoms with Crippen molar-refractivity contribution in [3.05, 3.63) is 6.33 Å². The van der Waals surface area contributed by atoms with E-state index in [1.807, 2.05) is 0 Å². The maximum atomic E-state index is 12.0. The molecule has 0 fully saturated rings. The summed E-state index contributed by atoms with van der Waals surface area (Å²) in [5.41, 5.74) is 0. The van der Waals surface area contributed by atoms with Gasteiger partial charge in [0, 0.05) is 6.54 Å². The van der Waals surface area contributed by atoms with Crippen molar-refractivity contribution >= 4 is 15.9 Å². The number of rotatable bonds is 4. The van der Waals surface area contributed by atoms with E-state index < -0.39 is 21.1 Å². The molecule has 0 atom stereocenters. The maximum Gasteiger partial charge on any atom is 0.346 e. The van der Waals surface area contributed by atoms with Gasteiger partial charge >= 0.3 is 6.03 Å². The third kappa shape index (κ3) is 3.12. The van der Waals surface area contributed by atoms with Gasteiger partial charge in [-0.1, -0.05) is 5.92 Å². The Bertz CT molecular complexity index is 598. The lowest BCUT2D eigenvalue weighted by molar-refractivity contribution is 0.204. The van der Waals surface area contributed by atoms with Gasteiger partial charge in [-0.3, -0.25) is 0 Å². The average molecular weight is 284 g/mol. The van der Waals surface area contributed by atoms with Gasteiger partial charge in [0.05, 0.1) is 11.8 Å². The van der Waals surface area contributed by atoms with Crippen molar-refractivity contribution < 1.29 is 13.2 Å². The summed E-state index contributed by atoms with van der Waals surface area (Å²) in [4.78, 5) is 17.0. The lowest BCUT2D eigenvalue weighted by Gasteiger charge is -2.16. The number of carbonyl (C=O) groups is 1. The van der Waals surface area contributed by atoms with Crippen LogP contribution in [-0.4, -0.2) is 52.5 Å². The Labute approximate surface area is 112 Å². The van der Waals surface area contributed by atoms with Gasteiger partial charge in [0.1, 0.15) is 6.33 Å². The zero-order valence-corrected chi connectivity index (χ0v) is 11.9. The summed E-state index contributed by atoms with van der Waals surface area (Å²) in [5, 5.41) is 2.71. The molecule has 1 aromatic rings. The molecule has 1 amide bonds. The van der Waals surface area contributed by atoms with Gasteiger partial charge in [0.25, 0.3) is 5.16 Å². The molecule has 8 heteroatoms. The van der Waals surface area contributed by atoms with Crippen molar-refractivity contribution in [1.29, 1.82) is 0 Å². The smallest absolute Gasteiger partial charge is 0.312 e. The fourth-order valence-electron chi connectivity index (χ4n) is 1.25. The van der Waals surface area contributed by atoms with Crippen LogP contribution < -0.4 is 0 Å². The van der Waals surface area contributed by atoms with Crippen LogP contribution in [0.3, 0.4) is 0 Å². The van der Waals surface area contributed by atoms with E-state index in [1.165, 1.54) is 18.7 Å². The largest absolute Gasteiger partial charge is 0.346 e. The molecule has 1 heterocycles. The van der Waals surface area contributed by atoms with Gasteiger partial charge in [-0.2, -0.15) is 4.68 Å². The van der Waals surface area contributed by atoms with Crippen LogP contribution in [0.5, 0.6) is 0 Å². The number of terminal acetylenes is 1. The highest BCUT2D eigenvalue weighted by atomic mass is 32.2. The van der Waals surface area contributed by atoms with Crippen molar-refractivity contribution in [2.45, 2.75) is 31.2 Å². The quantitative estimate of drug-likeness (QED) is 0.746. The summed E-state index contributed by atoms with van der Waals surface area (Å²) in [5.74, 6) is 2.35. The Morgan fingerprint density at radius 2 is 2.21 bits per heavy atom. The minimum absolute atomic E-state index is 0.126. The van der Waals surface area contributed by atoms with Crippen molar-refractivity contribution in [2.24, 2.45) is 0 Å². The predicted octanol–water partition coefficient (Wildman–Crippen LogP) is 0.383. The molecule has 0 bridgehead atoms. The number of hydrogen-bond donors (Lipinski definition) is 0. The number of nitrogens with zero attached hydrogens (tertiary/aromatic N) is 4. The van der Waals surface area contributed by atoms with E-state index in [4.69, 9.17) is 6.42 Å². The van der Waals surface area contributed by atoms with Crippen LogP contribution in [0, 0.1) is 12.3 Å². The zero-order chi connectivity index (χ0) is 14.6. The molecule has 0 aliphatic heterocycles. The molecule has 0 saturated carbocycles. The van der Waals surface area contributed by atoms with Gasteiger partial charge in [-0.15, -0.1) is 11.5 Å². The van der Waals surface area contributed by atoms with Crippen LogP contribution in [0.1, 0.15) is 20.8 Å². The topological polar surface area (TPSA) is 85.2 Å². The highest BCUT2D eigenvalue weighted by Crippen LogP contribution is 2.10. The second kappa shape index (κ2) is 5.84. The highest BCUT2D eigenvalue weighted by Gasteiger charge is 2.25. The molecule has 1 rings (SSSR count). The molecule has 7 nitrogen and oxygen atoms in total. The Morgan fingerprint density at radius 3 is 2.68 bits per heavy atom. The van der Waals surface area contributed by atoms with Crippen molar-refractivity contribution in [3.8, 4) is 12.3 Å². The second-order valence-electron chi connectivity index (χ2n) is 4.07. The molecule has 0 radical (unpaired) electrons. The first-order valence-corrected chi connectivity index (χ1v) is 7.27. The van der Waals surface area contributed by atoms with Crippen LogP contribution in [0.25, 0.3) is 0 Å². The number of carbonyl (C=O) groups excluding carboxylic acids is 1. The highest BCUT2D eigenvalue weighted by molar-refractivity contribution is 7.91. The number of sulfone groups is 1. The minimum Gasteiger partial charge on any atom is -0.312 e. The molecule has 0 aromatic carbocycles. The molecular formula is C11H16N4O3S. The molecule has 0 unspecified atom stereocenters. The summed E-state index contributed by atoms with van der Waals surface area (Å²) >= 11 is 0. The summed E-state index contributed by atoms with van der Waals surface area (Å²) in [7, 11) is -3.59. The zero-order valence-electron chi connectivity index (χ0n) is 11.1. The lowest BCUT2D eigenvalue weighted by atomic mass is 10.5. The Balaban J connectivity index is 3.04. The van der Waals surface area contributed by atoms with Gasteiger partial charge in [-0.25, -0.2) is 18.2 Å². The molecular weight excluding hydrogens is 268 g/mol. The van der Waals surface area contributed by atoms with Crippen LogP contribution in [0.2, 0.25) is 0 Å². The molecule has 0 N–H and O–H groups in total. The summed E-state index contributed by atoms with van der Waals surface area (Å²) in [6.07, 6.45) is 6.23. The van der Waals surface area contributed by atoms with Crippen LogP contribution in [0.15, 0.2) is 11.5 Å². The van der Waals surface area contributed by atoms with E-state index in [-0.39, 0.29) is 11.7 Å². The SMILES string of the molecule is C#CCN(CC)C(=O)n1cnc(S(=O)(=O)C(C)C)n1. The van der Waals surface area contributed by atoms with E-state index in [9.17, 15) is 13.2 Å². The molecule has 19 heavy (non-hydrogen) atoms. The van der Waals surface area contributed by atoms with Gasteiger partial charge in [0.15, 0.2) is 0 Å². The summed E-state index contributed by atoms with van der Waals surface area (Å²) < 4.78 is 24.6. The number of amides is 1. The van der Waals surface area contributed by atoms with Crippen LogP contribution >= 0.6 is 0 Å². The minimum atomic E-state index is -3.59. The first-order valence-electron chi connectivity index (χ1n) is 5.72. The molecule has 0 saturated heterocycles. The molecule has 104 valence electrons. The monoisotopic (exact) mass is 284 g/mol. The average Bonchev–Trinajstić information content (AvgIpc) is 2.85. The first kappa shape index (κ1) is 15.2. The van der Waals surface area contributed by atoms with E-state index in [0.29, 0.717) is 6.54 Å². The van der Waals surface area contributed by atoms with E-state index in [2.05, 4.69) is 16.0 Å². The third-order valence-electron chi connectivity index (χ3n) is 2.48. The lowest BCUT2D eigenvalue weighted by Crippen LogP contribution is -2.35. The Kier molecular flexibility index (Phi) is 4.67. The van der Waals surface area contributed by atoms with Crippen LogP contribution in [-0.2, 0) is 9.84 Å². The number of hydrogen-bond acceptors (Lipinski definition) is 5. The Hall–Kier alpha value is -1.88. The van der Waals surface area contributed by atoms with Crippen molar-refractivity contribution in [1.82, 2.24) is 19.7 Å². The van der Waals surface area contributed by atoms with Crippen molar-refractivity contribution in [3.63, 3.8) is 0 Å². The standard InChI is InChI=1S/C11H16N4O3S/c1-5-7-14(6-2)11(16)15-8-12-10(13-15)19(17,18)9(3)4/h1,8-9H,6-7H2,2-4H3. The van der Waals surface area contributed by atoms with E-state index in [1.54, 1.807) is 6.92 Å². The van der Waals surface area contributed by atoms with E-state index >= 15 is 0 Å². The molecule has 0 aliphatic rings. The first-order chi connectivity index (χ1) is 8.84. The van der Waals surface area contributed by atoms with Gasteiger partial charge in [-0.05, 0) is 20.8 Å². The maximum absolute atomic E-state index is 12.0. The fraction of sp³-hybridized carbons (Fsp3) is 0.545. The van der Waals surface area contributed by atoms with Gasteiger partial charge in [0.2, 0.25) is 9.84 Å². The van der Waals surface area contributed by atoms with Gasteiger partial charge < -0.3 is 4.90 Å². The Morgan fingerprint density at radius 1 is 1.58 bits per heavy atom. The molecule has 1 aromatic heterocycles. The summed E-state index contributed by atoms with van der Waals surface area (Å²) in [6.45, 7) is 5.33. The predicted molar refractivity (Wildman–Crippen MR) is 69.2 cm³/mol. The van der Waals surface area contributed by atoms with E-state index in [0.717, 1.165) is 11.0 Å². The third-order valence-corrected chi connectivity index (χ3v) is 4.41. The number of aromatic nitrogens is 3. The molecule has 0 aliphatic carbocycles. The second-order valence-corrected chi connectivity index (χ2v) is 6.46. The van der Waals surface area contributed by atoms with Crippen LogP contribution in [0.4, 0.5) is 4.79 Å². The van der Waals surface area contributed by atoms with Crippen molar-refractivity contribution in [2.75, 3.05) is 13.1 Å². The molecule has 0 spiro atoms. The summed E-state index contributed by atoms with van der Waals surface area (Å²) in [6, 6.07) is -0.502.